The predicted octanol–water partition coefficient (Wildman–Crippen LogP) is 2.90. The molecule has 112 valence electrons. The van der Waals surface area contributed by atoms with E-state index in [9.17, 15) is 9.90 Å². The number of amides is 1. The first-order valence-electron chi connectivity index (χ1n) is 7.98. The van der Waals surface area contributed by atoms with Gasteiger partial charge >= 0.3 is 0 Å². The Morgan fingerprint density at radius 3 is 2.76 bits per heavy atom. The Kier molecular flexibility index (Phi) is 4.39. The number of carbonyl (C=O) groups excluding carboxylic acids is 1. The number of fused-ring (bicyclic) bond motifs is 1. The fourth-order valence-corrected chi connectivity index (χ4v) is 3.50. The summed E-state index contributed by atoms with van der Waals surface area (Å²) in [6.45, 7) is 0. The van der Waals surface area contributed by atoms with Gasteiger partial charge in [0.15, 0.2) is 0 Å². The molecular weight excluding hydrogens is 262 g/mol. The molecule has 1 aromatic carbocycles. The van der Waals surface area contributed by atoms with Gasteiger partial charge in [0.25, 0.3) is 0 Å². The van der Waals surface area contributed by atoms with Gasteiger partial charge in [0, 0.05) is 6.42 Å². The van der Waals surface area contributed by atoms with Crippen molar-refractivity contribution in [3.63, 3.8) is 0 Å². The summed E-state index contributed by atoms with van der Waals surface area (Å²) in [5, 5.41) is 13.1. The Labute approximate surface area is 126 Å². The van der Waals surface area contributed by atoms with Crippen LogP contribution in [-0.2, 0) is 11.2 Å². The highest BCUT2D eigenvalue weighted by Gasteiger charge is 2.31. The van der Waals surface area contributed by atoms with Crippen molar-refractivity contribution >= 4 is 5.91 Å². The fraction of sp³-hybridized carbons (Fsp3) is 0.500. The van der Waals surface area contributed by atoms with Crippen molar-refractivity contribution < 1.29 is 9.90 Å². The van der Waals surface area contributed by atoms with Crippen molar-refractivity contribution in [2.45, 2.75) is 50.7 Å². The number of aliphatic hydroxyl groups excluding tert-OH is 1. The van der Waals surface area contributed by atoms with Gasteiger partial charge in [0.1, 0.15) is 0 Å². The molecule has 3 rings (SSSR count). The van der Waals surface area contributed by atoms with Crippen LogP contribution >= 0.6 is 0 Å². The van der Waals surface area contributed by atoms with Gasteiger partial charge in [-0.05, 0) is 36.0 Å². The topological polar surface area (TPSA) is 49.3 Å². The van der Waals surface area contributed by atoms with Crippen molar-refractivity contribution in [2.75, 3.05) is 0 Å². The highest BCUT2D eigenvalue weighted by molar-refractivity contribution is 5.88. The molecule has 2 aliphatic carbocycles. The number of carbonyl (C=O) groups is 1. The first-order valence-corrected chi connectivity index (χ1v) is 7.98. The molecule has 2 N–H and O–H groups in total. The minimum Gasteiger partial charge on any atom is -0.390 e. The molecule has 0 saturated heterocycles. The number of allylic oxidation sites excluding steroid dienone is 1. The number of rotatable bonds is 3. The second kappa shape index (κ2) is 6.44. The van der Waals surface area contributed by atoms with Gasteiger partial charge in [-0.1, -0.05) is 49.6 Å². The predicted molar refractivity (Wildman–Crippen MR) is 82.8 cm³/mol. The van der Waals surface area contributed by atoms with E-state index in [0.717, 1.165) is 11.1 Å². The smallest absolute Gasteiger partial charge is 0.244 e. The van der Waals surface area contributed by atoms with Gasteiger partial charge in [0.05, 0.1) is 12.1 Å². The second-order valence-corrected chi connectivity index (χ2v) is 6.21. The fourth-order valence-electron chi connectivity index (χ4n) is 3.50. The van der Waals surface area contributed by atoms with Crippen LogP contribution in [0.15, 0.2) is 36.4 Å². The lowest BCUT2D eigenvalue weighted by Crippen LogP contribution is -2.32. The van der Waals surface area contributed by atoms with Crippen molar-refractivity contribution in [1.29, 1.82) is 0 Å². The molecule has 1 amide bonds. The van der Waals surface area contributed by atoms with E-state index in [-0.39, 0.29) is 11.9 Å². The van der Waals surface area contributed by atoms with E-state index in [1.54, 1.807) is 6.08 Å². The molecular formula is C18H23NO2. The zero-order valence-electron chi connectivity index (χ0n) is 12.3. The van der Waals surface area contributed by atoms with Crippen LogP contribution in [0.1, 0.15) is 49.3 Å². The van der Waals surface area contributed by atoms with E-state index < -0.39 is 6.10 Å². The first kappa shape index (κ1) is 14.3. The Hall–Kier alpha value is -1.61. The molecule has 1 fully saturated rings. The van der Waals surface area contributed by atoms with E-state index in [0.29, 0.717) is 12.3 Å². The Balaban J connectivity index is 1.61. The standard InChI is InChI=1S/C18H23NO2/c20-16-12-14-8-4-5-9-15(14)18(16)19-17(21)11-10-13-6-2-1-3-7-13/h4-5,8-11,13,16,18,20H,1-3,6-7,12H2,(H,19,21)/b11-10+. The van der Waals surface area contributed by atoms with Crippen LogP contribution in [0.2, 0.25) is 0 Å². The summed E-state index contributed by atoms with van der Waals surface area (Å²) >= 11 is 0. The third-order valence-corrected chi connectivity index (χ3v) is 4.67. The summed E-state index contributed by atoms with van der Waals surface area (Å²) in [5.41, 5.74) is 2.18. The van der Waals surface area contributed by atoms with Gasteiger partial charge in [0.2, 0.25) is 5.91 Å². The summed E-state index contributed by atoms with van der Waals surface area (Å²) in [6, 6.07) is 7.65. The highest BCUT2D eigenvalue weighted by Crippen LogP contribution is 2.31. The molecule has 2 aliphatic rings. The lowest BCUT2D eigenvalue weighted by atomic mass is 9.89. The van der Waals surface area contributed by atoms with E-state index in [2.05, 4.69) is 5.32 Å². The number of nitrogens with one attached hydrogen (secondary N) is 1. The summed E-state index contributed by atoms with van der Waals surface area (Å²) in [5.74, 6) is 0.451. The molecule has 0 aliphatic heterocycles. The van der Waals surface area contributed by atoms with Crippen LogP contribution < -0.4 is 5.32 Å². The summed E-state index contributed by atoms with van der Waals surface area (Å²) in [4.78, 5) is 12.1. The first-order chi connectivity index (χ1) is 10.2. The van der Waals surface area contributed by atoms with Crippen LogP contribution in [0.5, 0.6) is 0 Å². The van der Waals surface area contributed by atoms with E-state index >= 15 is 0 Å². The Morgan fingerprint density at radius 2 is 1.95 bits per heavy atom. The lowest BCUT2D eigenvalue weighted by Gasteiger charge is -2.19. The second-order valence-electron chi connectivity index (χ2n) is 6.21. The van der Waals surface area contributed by atoms with Gasteiger partial charge in [-0.15, -0.1) is 0 Å². The molecule has 3 nitrogen and oxygen atoms in total. The van der Waals surface area contributed by atoms with Crippen molar-refractivity contribution in [3.8, 4) is 0 Å². The van der Waals surface area contributed by atoms with Crippen molar-refractivity contribution in [2.24, 2.45) is 5.92 Å². The molecule has 21 heavy (non-hydrogen) atoms. The van der Waals surface area contributed by atoms with E-state index in [1.165, 1.54) is 32.1 Å². The number of hydrogen-bond donors (Lipinski definition) is 2. The van der Waals surface area contributed by atoms with Crippen molar-refractivity contribution in [3.05, 3.63) is 47.5 Å². The number of benzene rings is 1. The Bertz CT molecular complexity index is 532. The molecule has 0 bridgehead atoms. The van der Waals surface area contributed by atoms with Gasteiger partial charge in [-0.3, -0.25) is 4.79 Å². The van der Waals surface area contributed by atoms with Crippen LogP contribution in [0, 0.1) is 5.92 Å². The van der Waals surface area contributed by atoms with Crippen LogP contribution in [0.3, 0.4) is 0 Å². The van der Waals surface area contributed by atoms with Gasteiger partial charge in [-0.25, -0.2) is 0 Å². The number of hydrogen-bond acceptors (Lipinski definition) is 2. The summed E-state index contributed by atoms with van der Waals surface area (Å²) in [6.07, 6.45) is 10.0. The van der Waals surface area contributed by atoms with Gasteiger partial charge < -0.3 is 10.4 Å². The molecule has 0 radical (unpaired) electrons. The third kappa shape index (κ3) is 3.35. The highest BCUT2D eigenvalue weighted by atomic mass is 16.3. The zero-order chi connectivity index (χ0) is 14.7. The maximum absolute atomic E-state index is 12.1. The summed E-state index contributed by atoms with van der Waals surface area (Å²) < 4.78 is 0. The minimum absolute atomic E-state index is 0.0960. The minimum atomic E-state index is -0.519. The SMILES string of the molecule is O=C(/C=C/C1CCCCC1)NC1c2ccccc2CC1O. The maximum atomic E-state index is 12.1. The van der Waals surface area contributed by atoms with Gasteiger partial charge in [-0.2, -0.15) is 0 Å². The quantitative estimate of drug-likeness (QED) is 0.839. The molecule has 1 aromatic rings. The molecule has 1 saturated carbocycles. The normalized spacial score (nSPS) is 26.0. The summed E-state index contributed by atoms with van der Waals surface area (Å²) in [7, 11) is 0. The molecule has 0 heterocycles. The number of aliphatic hydroxyl groups is 1. The third-order valence-electron chi connectivity index (χ3n) is 4.67. The Morgan fingerprint density at radius 1 is 1.19 bits per heavy atom. The zero-order valence-corrected chi connectivity index (χ0v) is 12.3. The molecule has 2 unspecified atom stereocenters. The molecule has 0 spiro atoms. The van der Waals surface area contributed by atoms with E-state index in [4.69, 9.17) is 0 Å². The molecule has 2 atom stereocenters. The molecule has 3 heteroatoms. The largest absolute Gasteiger partial charge is 0.390 e. The van der Waals surface area contributed by atoms with Crippen LogP contribution in [-0.4, -0.2) is 17.1 Å². The average Bonchev–Trinajstić information content (AvgIpc) is 2.82. The average molecular weight is 285 g/mol. The molecule has 0 aromatic heterocycles. The van der Waals surface area contributed by atoms with Crippen LogP contribution in [0.4, 0.5) is 0 Å². The monoisotopic (exact) mass is 285 g/mol. The van der Waals surface area contributed by atoms with Crippen molar-refractivity contribution in [1.82, 2.24) is 5.32 Å². The lowest BCUT2D eigenvalue weighted by molar-refractivity contribution is -0.118. The van der Waals surface area contributed by atoms with E-state index in [1.807, 2.05) is 30.3 Å². The maximum Gasteiger partial charge on any atom is 0.244 e. The van der Waals surface area contributed by atoms with Crippen LogP contribution in [0.25, 0.3) is 0 Å².